The highest BCUT2D eigenvalue weighted by Gasteiger charge is 2.27. The van der Waals surface area contributed by atoms with E-state index in [9.17, 15) is 9.59 Å². The van der Waals surface area contributed by atoms with E-state index in [4.69, 9.17) is 4.74 Å². The van der Waals surface area contributed by atoms with Crippen molar-refractivity contribution in [3.05, 3.63) is 62.5 Å². The molecule has 2 amide bonds. The zero-order valence-electron chi connectivity index (χ0n) is 17.7. The van der Waals surface area contributed by atoms with Crippen LogP contribution in [0.4, 0.5) is 0 Å². The molecule has 2 rings (SSSR count). The van der Waals surface area contributed by atoms with E-state index in [0.29, 0.717) is 12.3 Å². The molecule has 0 bridgehead atoms. The second-order valence-electron chi connectivity index (χ2n) is 7.34. The van der Waals surface area contributed by atoms with E-state index in [-0.39, 0.29) is 24.5 Å². The largest absolute Gasteiger partial charge is 0.484 e. The zero-order valence-corrected chi connectivity index (χ0v) is 20.9. The Hall–Kier alpha value is -1.86. The monoisotopic (exact) mass is 538 g/mol. The van der Waals surface area contributed by atoms with Crippen LogP contribution in [0.2, 0.25) is 0 Å². The molecule has 0 aromatic heterocycles. The molecule has 0 radical (unpaired) electrons. The summed E-state index contributed by atoms with van der Waals surface area (Å²) in [7, 11) is 0. The van der Waals surface area contributed by atoms with Gasteiger partial charge in [-0.1, -0.05) is 50.9 Å². The molecule has 0 heterocycles. The standard InChI is InChI=1S/C23H28Br2N2O3/c1-5-16(3)26-23(29)17(4)27(13-18-6-8-19(24)9-7-18)22(28)14-30-20-10-11-21(25)15(2)12-20/h6-12,16-17H,5,13-14H2,1-4H3,(H,26,29)/t16-,17+/m1/s1. The van der Waals surface area contributed by atoms with Gasteiger partial charge in [-0.15, -0.1) is 0 Å². The molecule has 162 valence electrons. The van der Waals surface area contributed by atoms with E-state index in [1.807, 2.05) is 63.2 Å². The third-order valence-corrected chi connectivity index (χ3v) is 6.34. The van der Waals surface area contributed by atoms with Crippen LogP contribution in [-0.4, -0.2) is 35.4 Å². The molecular weight excluding hydrogens is 512 g/mol. The van der Waals surface area contributed by atoms with E-state index >= 15 is 0 Å². The first kappa shape index (κ1) is 24.4. The van der Waals surface area contributed by atoms with Gasteiger partial charge in [0.25, 0.3) is 5.91 Å². The molecule has 0 spiro atoms. The van der Waals surface area contributed by atoms with Gasteiger partial charge in [0.2, 0.25) is 5.91 Å². The Labute approximate surface area is 195 Å². The fraction of sp³-hybridized carbons (Fsp3) is 0.391. The first-order chi connectivity index (χ1) is 14.2. The van der Waals surface area contributed by atoms with Crippen LogP contribution in [0.25, 0.3) is 0 Å². The molecule has 0 unspecified atom stereocenters. The third kappa shape index (κ3) is 7.13. The Kier molecular flexibility index (Phi) is 9.37. The number of hydrogen-bond acceptors (Lipinski definition) is 3. The van der Waals surface area contributed by atoms with Crippen LogP contribution in [0.1, 0.15) is 38.3 Å². The lowest BCUT2D eigenvalue weighted by Crippen LogP contribution is -2.50. The molecule has 7 heteroatoms. The van der Waals surface area contributed by atoms with Crippen molar-refractivity contribution in [3.63, 3.8) is 0 Å². The molecule has 0 saturated carbocycles. The maximum atomic E-state index is 13.0. The number of ether oxygens (including phenoxy) is 1. The van der Waals surface area contributed by atoms with Crippen molar-refractivity contribution >= 4 is 43.7 Å². The van der Waals surface area contributed by atoms with Crippen LogP contribution in [0.3, 0.4) is 0 Å². The lowest BCUT2D eigenvalue weighted by molar-refractivity contribution is -0.142. The van der Waals surface area contributed by atoms with Gasteiger partial charge in [-0.2, -0.15) is 0 Å². The number of aryl methyl sites for hydroxylation is 1. The van der Waals surface area contributed by atoms with Crippen LogP contribution in [0, 0.1) is 6.92 Å². The van der Waals surface area contributed by atoms with E-state index in [1.54, 1.807) is 11.8 Å². The van der Waals surface area contributed by atoms with Gasteiger partial charge in [0.1, 0.15) is 11.8 Å². The second-order valence-corrected chi connectivity index (χ2v) is 9.11. The number of rotatable bonds is 9. The molecule has 0 fully saturated rings. The van der Waals surface area contributed by atoms with E-state index in [0.717, 1.165) is 26.5 Å². The molecule has 0 aliphatic heterocycles. The Bertz CT molecular complexity index is 871. The summed E-state index contributed by atoms with van der Waals surface area (Å²) in [5, 5.41) is 2.96. The van der Waals surface area contributed by atoms with Crippen molar-refractivity contribution in [1.82, 2.24) is 10.2 Å². The summed E-state index contributed by atoms with van der Waals surface area (Å²) in [5.74, 6) is 0.198. The Morgan fingerprint density at radius 3 is 2.37 bits per heavy atom. The van der Waals surface area contributed by atoms with Gasteiger partial charge in [-0.25, -0.2) is 0 Å². The van der Waals surface area contributed by atoms with Crippen LogP contribution < -0.4 is 10.1 Å². The topological polar surface area (TPSA) is 58.6 Å². The van der Waals surface area contributed by atoms with Gasteiger partial charge in [0, 0.05) is 21.5 Å². The average molecular weight is 540 g/mol. The van der Waals surface area contributed by atoms with E-state index < -0.39 is 6.04 Å². The summed E-state index contributed by atoms with van der Waals surface area (Å²) in [5.41, 5.74) is 1.96. The molecule has 0 saturated heterocycles. The number of hydrogen-bond donors (Lipinski definition) is 1. The summed E-state index contributed by atoms with van der Waals surface area (Å²) in [6.45, 7) is 7.85. The highest BCUT2D eigenvalue weighted by Crippen LogP contribution is 2.22. The first-order valence-electron chi connectivity index (χ1n) is 9.94. The smallest absolute Gasteiger partial charge is 0.261 e. The lowest BCUT2D eigenvalue weighted by Gasteiger charge is -2.29. The number of carbonyl (C=O) groups is 2. The van der Waals surface area contributed by atoms with Crippen molar-refractivity contribution in [2.45, 2.75) is 52.7 Å². The number of benzene rings is 2. The normalized spacial score (nSPS) is 12.7. The lowest BCUT2D eigenvalue weighted by atomic mass is 10.1. The summed E-state index contributed by atoms with van der Waals surface area (Å²) in [4.78, 5) is 27.3. The van der Waals surface area contributed by atoms with Gasteiger partial charge in [-0.3, -0.25) is 9.59 Å². The molecule has 2 aromatic rings. The third-order valence-electron chi connectivity index (χ3n) is 4.93. The van der Waals surface area contributed by atoms with Gasteiger partial charge in [0.15, 0.2) is 6.61 Å². The molecule has 0 aliphatic rings. The maximum absolute atomic E-state index is 13.0. The SMILES string of the molecule is CC[C@@H](C)NC(=O)[C@H](C)N(Cc1ccc(Br)cc1)C(=O)COc1ccc(Br)c(C)c1. The van der Waals surface area contributed by atoms with Crippen molar-refractivity contribution < 1.29 is 14.3 Å². The molecule has 5 nitrogen and oxygen atoms in total. The number of nitrogens with zero attached hydrogens (tertiary/aromatic N) is 1. The van der Waals surface area contributed by atoms with E-state index in [1.165, 1.54) is 0 Å². The van der Waals surface area contributed by atoms with E-state index in [2.05, 4.69) is 37.2 Å². The Morgan fingerprint density at radius 2 is 1.77 bits per heavy atom. The van der Waals surface area contributed by atoms with Gasteiger partial charge < -0.3 is 15.0 Å². The predicted octanol–water partition coefficient (Wildman–Crippen LogP) is 5.23. The van der Waals surface area contributed by atoms with Crippen molar-refractivity contribution in [3.8, 4) is 5.75 Å². The molecule has 2 aromatic carbocycles. The second kappa shape index (κ2) is 11.5. The molecule has 0 aliphatic carbocycles. The van der Waals surface area contributed by atoms with Crippen LogP contribution in [0.5, 0.6) is 5.75 Å². The van der Waals surface area contributed by atoms with Crippen molar-refractivity contribution in [2.75, 3.05) is 6.61 Å². The summed E-state index contributed by atoms with van der Waals surface area (Å²) >= 11 is 6.88. The fourth-order valence-corrected chi connectivity index (χ4v) is 3.28. The molecule has 30 heavy (non-hydrogen) atoms. The number of nitrogens with one attached hydrogen (secondary N) is 1. The molecule has 1 N–H and O–H groups in total. The number of carbonyl (C=O) groups excluding carboxylic acids is 2. The first-order valence-corrected chi connectivity index (χ1v) is 11.5. The van der Waals surface area contributed by atoms with Crippen LogP contribution in [-0.2, 0) is 16.1 Å². The van der Waals surface area contributed by atoms with Gasteiger partial charge in [-0.05, 0) is 68.7 Å². The Morgan fingerprint density at radius 1 is 1.10 bits per heavy atom. The number of halogens is 2. The molecule has 2 atom stereocenters. The predicted molar refractivity (Wildman–Crippen MR) is 126 cm³/mol. The van der Waals surface area contributed by atoms with Gasteiger partial charge >= 0.3 is 0 Å². The summed E-state index contributed by atoms with van der Waals surface area (Å²) in [6.07, 6.45) is 0.825. The summed E-state index contributed by atoms with van der Waals surface area (Å²) in [6, 6.07) is 12.7. The minimum atomic E-state index is -0.620. The fourth-order valence-electron chi connectivity index (χ4n) is 2.77. The highest BCUT2D eigenvalue weighted by molar-refractivity contribution is 9.10. The van der Waals surface area contributed by atoms with Crippen molar-refractivity contribution in [1.29, 1.82) is 0 Å². The van der Waals surface area contributed by atoms with Crippen LogP contribution >= 0.6 is 31.9 Å². The highest BCUT2D eigenvalue weighted by atomic mass is 79.9. The molecular formula is C23H28Br2N2O3. The number of amides is 2. The van der Waals surface area contributed by atoms with Crippen LogP contribution in [0.15, 0.2) is 51.4 Å². The minimum absolute atomic E-state index is 0.0478. The van der Waals surface area contributed by atoms with Crippen molar-refractivity contribution in [2.24, 2.45) is 0 Å². The maximum Gasteiger partial charge on any atom is 0.261 e. The average Bonchev–Trinajstić information content (AvgIpc) is 2.73. The summed E-state index contributed by atoms with van der Waals surface area (Å²) < 4.78 is 7.66. The van der Waals surface area contributed by atoms with Gasteiger partial charge in [0.05, 0.1) is 0 Å². The minimum Gasteiger partial charge on any atom is -0.484 e. The Balaban J connectivity index is 2.15. The zero-order chi connectivity index (χ0) is 22.3. The quantitative estimate of drug-likeness (QED) is 0.474.